The zero-order valence-electron chi connectivity index (χ0n) is 15.4. The van der Waals surface area contributed by atoms with Gasteiger partial charge in [0, 0.05) is 18.7 Å². The zero-order valence-corrected chi connectivity index (χ0v) is 16.2. The Morgan fingerprint density at radius 2 is 1.92 bits per heavy atom. The van der Waals surface area contributed by atoms with Crippen LogP contribution in [-0.2, 0) is 10.0 Å². The van der Waals surface area contributed by atoms with Crippen molar-refractivity contribution in [2.24, 2.45) is 5.92 Å². The highest BCUT2D eigenvalue weighted by atomic mass is 32.2. The topological polar surface area (TPSA) is 84.2 Å². The largest absolute Gasteiger partial charge is 0.424 e. The molecule has 0 amide bonds. The molecular formula is C18H26FN3O3S. The third-order valence-electron chi connectivity index (χ3n) is 4.89. The number of fused-ring (bicyclic) bond motifs is 1. The first-order chi connectivity index (χ1) is 12.1. The third kappa shape index (κ3) is 4.35. The molecule has 8 heteroatoms. The van der Waals surface area contributed by atoms with Crippen molar-refractivity contribution in [3.8, 4) is 0 Å². The molecule has 0 unspecified atom stereocenters. The molecule has 2 N–H and O–H groups in total. The second kappa shape index (κ2) is 7.15. The van der Waals surface area contributed by atoms with Gasteiger partial charge in [-0.05, 0) is 64.5 Å². The number of benzene rings is 1. The van der Waals surface area contributed by atoms with Gasteiger partial charge in [-0.3, -0.25) is 0 Å². The van der Waals surface area contributed by atoms with E-state index in [1.54, 1.807) is 26.8 Å². The van der Waals surface area contributed by atoms with Gasteiger partial charge in [0.25, 0.3) is 6.01 Å². The molecule has 1 aliphatic carbocycles. The molecular weight excluding hydrogens is 357 g/mol. The van der Waals surface area contributed by atoms with E-state index in [2.05, 4.69) is 15.0 Å². The van der Waals surface area contributed by atoms with Gasteiger partial charge in [-0.1, -0.05) is 0 Å². The Morgan fingerprint density at radius 3 is 2.58 bits per heavy atom. The summed E-state index contributed by atoms with van der Waals surface area (Å²) in [4.78, 5) is 4.27. The lowest BCUT2D eigenvalue weighted by molar-refractivity contribution is 0.333. The molecule has 6 nitrogen and oxygen atoms in total. The van der Waals surface area contributed by atoms with Crippen molar-refractivity contribution in [2.45, 2.75) is 57.2 Å². The van der Waals surface area contributed by atoms with E-state index in [4.69, 9.17) is 4.42 Å². The Morgan fingerprint density at radius 1 is 1.23 bits per heavy atom. The Kier molecular flexibility index (Phi) is 5.25. The van der Waals surface area contributed by atoms with E-state index in [0.29, 0.717) is 29.6 Å². The molecule has 1 saturated carbocycles. The fraction of sp³-hybridized carbons (Fsp3) is 0.611. The van der Waals surface area contributed by atoms with Gasteiger partial charge in [-0.25, -0.2) is 17.5 Å². The van der Waals surface area contributed by atoms with Crippen LogP contribution in [0.25, 0.3) is 11.1 Å². The maximum atomic E-state index is 13.2. The van der Waals surface area contributed by atoms with Crippen molar-refractivity contribution in [3.05, 3.63) is 24.0 Å². The first-order valence-electron chi connectivity index (χ1n) is 8.96. The van der Waals surface area contributed by atoms with Crippen LogP contribution in [0.2, 0.25) is 0 Å². The second-order valence-corrected chi connectivity index (χ2v) is 10.5. The Hall–Kier alpha value is -1.67. The Balaban J connectivity index is 1.50. The molecule has 3 rings (SSSR count). The number of hydrogen-bond donors (Lipinski definition) is 2. The molecule has 0 atom stereocenters. The number of oxazole rings is 1. The van der Waals surface area contributed by atoms with Gasteiger partial charge in [0.2, 0.25) is 10.0 Å². The Bertz CT molecular complexity index is 865. The fourth-order valence-electron chi connectivity index (χ4n) is 3.09. The van der Waals surface area contributed by atoms with Crippen LogP contribution >= 0.6 is 0 Å². The highest BCUT2D eigenvalue weighted by Gasteiger charge is 2.30. The number of anilines is 1. The highest BCUT2D eigenvalue weighted by molar-refractivity contribution is 7.90. The van der Waals surface area contributed by atoms with Crippen LogP contribution in [-0.4, -0.2) is 30.7 Å². The monoisotopic (exact) mass is 383 g/mol. The number of halogens is 1. The second-order valence-electron chi connectivity index (χ2n) is 7.96. The van der Waals surface area contributed by atoms with E-state index >= 15 is 0 Å². The van der Waals surface area contributed by atoms with Crippen molar-refractivity contribution < 1.29 is 17.2 Å². The van der Waals surface area contributed by atoms with E-state index in [9.17, 15) is 12.8 Å². The van der Waals surface area contributed by atoms with Gasteiger partial charge in [0.15, 0.2) is 5.58 Å². The van der Waals surface area contributed by atoms with E-state index in [1.165, 1.54) is 12.1 Å². The molecule has 1 heterocycles. The number of aromatic nitrogens is 1. The van der Waals surface area contributed by atoms with Gasteiger partial charge < -0.3 is 9.73 Å². The van der Waals surface area contributed by atoms with E-state index < -0.39 is 14.8 Å². The number of hydrogen-bond acceptors (Lipinski definition) is 5. The molecule has 26 heavy (non-hydrogen) atoms. The summed E-state index contributed by atoms with van der Waals surface area (Å²) < 4.78 is 45.1. The predicted octanol–water partition coefficient (Wildman–Crippen LogP) is 3.66. The maximum absolute atomic E-state index is 13.2. The van der Waals surface area contributed by atoms with Crippen molar-refractivity contribution in [1.82, 2.24) is 9.71 Å². The van der Waals surface area contributed by atoms with Crippen LogP contribution in [0, 0.1) is 11.7 Å². The quantitative estimate of drug-likeness (QED) is 0.823. The minimum absolute atomic E-state index is 0.225. The molecule has 1 aromatic heterocycles. The summed E-state index contributed by atoms with van der Waals surface area (Å²) in [6, 6.07) is 4.90. The first-order valence-corrected chi connectivity index (χ1v) is 10.4. The highest BCUT2D eigenvalue weighted by Crippen LogP contribution is 2.28. The van der Waals surface area contributed by atoms with Crippen molar-refractivity contribution in [1.29, 1.82) is 0 Å². The summed E-state index contributed by atoms with van der Waals surface area (Å²) in [5.74, 6) is -0.00142. The third-order valence-corrected chi connectivity index (χ3v) is 7.05. The summed E-state index contributed by atoms with van der Waals surface area (Å²) >= 11 is 0. The average Bonchev–Trinajstić information content (AvgIpc) is 2.94. The summed E-state index contributed by atoms with van der Waals surface area (Å²) in [5.41, 5.74) is 1.05. The summed E-state index contributed by atoms with van der Waals surface area (Å²) in [6.45, 7) is 5.57. The standard InChI is InChI=1S/C18H26FN3O3S/c1-18(2,3)26(23,24)20-11-12-4-7-14(8-5-12)21-17-22-15-10-13(19)6-9-16(15)25-17/h6,9-10,12,14,20H,4-5,7-8,11H2,1-3H3,(H,21,22)/t12-,14-. The zero-order chi connectivity index (χ0) is 18.9. The maximum Gasteiger partial charge on any atom is 0.295 e. The predicted molar refractivity (Wildman–Crippen MR) is 100 cm³/mol. The smallest absolute Gasteiger partial charge is 0.295 e. The normalized spacial score (nSPS) is 21.8. The number of sulfonamides is 1. The van der Waals surface area contributed by atoms with Gasteiger partial charge in [0.1, 0.15) is 11.3 Å². The fourth-order valence-corrected chi connectivity index (χ4v) is 3.98. The molecule has 0 spiro atoms. The van der Waals surface area contributed by atoms with Crippen molar-refractivity contribution >= 4 is 27.1 Å². The summed E-state index contributed by atoms with van der Waals surface area (Å²) in [5, 5.41) is 3.27. The lowest BCUT2D eigenvalue weighted by atomic mass is 9.86. The van der Waals surface area contributed by atoms with E-state index in [1.807, 2.05) is 0 Å². The molecule has 0 radical (unpaired) electrons. The van der Waals surface area contributed by atoms with Crippen LogP contribution in [0.15, 0.2) is 22.6 Å². The van der Waals surface area contributed by atoms with E-state index in [-0.39, 0.29) is 11.9 Å². The minimum atomic E-state index is -3.30. The molecule has 0 aliphatic heterocycles. The SMILES string of the molecule is CC(C)(C)S(=O)(=O)NC[C@H]1CC[C@H](Nc2nc3cc(F)ccc3o2)CC1. The van der Waals surface area contributed by atoms with Crippen molar-refractivity contribution in [2.75, 3.05) is 11.9 Å². The Labute approximate surface area is 153 Å². The van der Waals surface area contributed by atoms with E-state index in [0.717, 1.165) is 25.7 Å². The van der Waals surface area contributed by atoms with Crippen LogP contribution < -0.4 is 10.0 Å². The lowest BCUT2D eigenvalue weighted by Crippen LogP contribution is -2.42. The van der Waals surface area contributed by atoms with Crippen LogP contribution in [0.4, 0.5) is 10.4 Å². The number of rotatable bonds is 5. The molecule has 1 aromatic carbocycles. The molecule has 0 bridgehead atoms. The molecule has 1 aliphatic rings. The van der Waals surface area contributed by atoms with Gasteiger partial charge in [-0.15, -0.1) is 0 Å². The van der Waals surface area contributed by atoms with Crippen LogP contribution in [0.5, 0.6) is 0 Å². The molecule has 0 saturated heterocycles. The summed E-state index contributed by atoms with van der Waals surface area (Å²) in [6.07, 6.45) is 3.68. The van der Waals surface area contributed by atoms with Crippen LogP contribution in [0.3, 0.4) is 0 Å². The van der Waals surface area contributed by atoms with Crippen LogP contribution in [0.1, 0.15) is 46.5 Å². The number of nitrogens with one attached hydrogen (secondary N) is 2. The average molecular weight is 383 g/mol. The van der Waals surface area contributed by atoms with Gasteiger partial charge >= 0.3 is 0 Å². The molecule has 2 aromatic rings. The van der Waals surface area contributed by atoms with Crippen molar-refractivity contribution in [3.63, 3.8) is 0 Å². The lowest BCUT2D eigenvalue weighted by Gasteiger charge is -2.29. The molecule has 1 fully saturated rings. The first kappa shape index (κ1) is 19.1. The summed E-state index contributed by atoms with van der Waals surface area (Å²) in [7, 11) is -3.30. The number of nitrogens with zero attached hydrogens (tertiary/aromatic N) is 1. The van der Waals surface area contributed by atoms with Gasteiger partial charge in [0.05, 0.1) is 4.75 Å². The minimum Gasteiger partial charge on any atom is -0.424 e. The molecule has 144 valence electrons. The van der Waals surface area contributed by atoms with Gasteiger partial charge in [-0.2, -0.15) is 4.98 Å².